The van der Waals surface area contributed by atoms with Gasteiger partial charge < -0.3 is 9.47 Å². The highest BCUT2D eigenvalue weighted by atomic mass is 79.9. The van der Waals surface area contributed by atoms with Gasteiger partial charge >= 0.3 is 0 Å². The molecule has 0 aromatic heterocycles. The Morgan fingerprint density at radius 1 is 1.29 bits per heavy atom. The summed E-state index contributed by atoms with van der Waals surface area (Å²) in [5.41, 5.74) is 3.93. The van der Waals surface area contributed by atoms with E-state index in [1.165, 1.54) is 18.3 Å². The summed E-state index contributed by atoms with van der Waals surface area (Å²) >= 11 is 3.51. The number of hydrogen-bond donors (Lipinski definition) is 1. The van der Waals surface area contributed by atoms with Gasteiger partial charge in [0, 0.05) is 0 Å². The van der Waals surface area contributed by atoms with Crippen molar-refractivity contribution >= 4 is 28.1 Å². The molecule has 1 amide bonds. The Labute approximate surface area is 173 Å². The van der Waals surface area contributed by atoms with Crippen LogP contribution in [0.4, 0.5) is 4.39 Å². The van der Waals surface area contributed by atoms with Crippen LogP contribution in [0.25, 0.3) is 0 Å². The van der Waals surface area contributed by atoms with Gasteiger partial charge in [-0.05, 0) is 71.6 Å². The Bertz CT molecular complexity index is 825. The highest BCUT2D eigenvalue weighted by molar-refractivity contribution is 9.10. The molecule has 2 rings (SSSR count). The van der Waals surface area contributed by atoms with Gasteiger partial charge in [0.15, 0.2) is 11.5 Å². The summed E-state index contributed by atoms with van der Waals surface area (Å²) in [6.45, 7) is 6.44. The van der Waals surface area contributed by atoms with Gasteiger partial charge in [-0.2, -0.15) is 5.10 Å². The van der Waals surface area contributed by atoms with Crippen molar-refractivity contribution in [3.63, 3.8) is 0 Å². The minimum absolute atomic E-state index is 0.0563. The van der Waals surface area contributed by atoms with Gasteiger partial charge in [-0.15, -0.1) is 0 Å². The molecule has 0 bridgehead atoms. The third kappa shape index (κ3) is 6.64. The SMILES string of the molecule is CCOc1cc(/C=N/NC(=O)Cc2ccc(F)cc2)cc(Br)c1O[C@H](C)CC. The molecule has 0 unspecified atom stereocenters. The van der Waals surface area contributed by atoms with Crippen LogP contribution in [0.3, 0.4) is 0 Å². The third-order valence-corrected chi connectivity index (χ3v) is 4.50. The molecule has 0 aliphatic carbocycles. The van der Waals surface area contributed by atoms with Crippen molar-refractivity contribution in [3.05, 3.63) is 57.8 Å². The largest absolute Gasteiger partial charge is 0.490 e. The minimum atomic E-state index is -0.335. The van der Waals surface area contributed by atoms with Gasteiger partial charge in [0.05, 0.1) is 29.8 Å². The lowest BCUT2D eigenvalue weighted by Gasteiger charge is -2.18. The molecule has 0 radical (unpaired) electrons. The fraction of sp³-hybridized carbons (Fsp3) is 0.333. The van der Waals surface area contributed by atoms with Crippen LogP contribution in [0, 0.1) is 5.82 Å². The molecule has 5 nitrogen and oxygen atoms in total. The average Bonchev–Trinajstić information content (AvgIpc) is 2.66. The molecule has 0 aliphatic rings. The van der Waals surface area contributed by atoms with Gasteiger partial charge in [0.2, 0.25) is 5.91 Å². The lowest BCUT2D eigenvalue weighted by molar-refractivity contribution is -0.120. The number of nitrogens with one attached hydrogen (secondary N) is 1. The molecule has 0 saturated heterocycles. The van der Waals surface area contributed by atoms with E-state index < -0.39 is 0 Å². The molecule has 0 aliphatic heterocycles. The number of halogens is 2. The maximum atomic E-state index is 12.9. The lowest BCUT2D eigenvalue weighted by Crippen LogP contribution is -2.19. The van der Waals surface area contributed by atoms with E-state index in [0.29, 0.717) is 23.7 Å². The molecule has 1 atom stereocenters. The number of hydrazone groups is 1. The first kappa shape index (κ1) is 21.9. The quantitative estimate of drug-likeness (QED) is 0.438. The Morgan fingerprint density at radius 2 is 2.00 bits per heavy atom. The normalized spacial score (nSPS) is 12.0. The summed E-state index contributed by atoms with van der Waals surface area (Å²) in [5.74, 6) is 0.632. The highest BCUT2D eigenvalue weighted by Gasteiger charge is 2.14. The smallest absolute Gasteiger partial charge is 0.244 e. The predicted molar refractivity (Wildman–Crippen MR) is 112 cm³/mol. The minimum Gasteiger partial charge on any atom is -0.490 e. The first-order valence-electron chi connectivity index (χ1n) is 9.12. The van der Waals surface area contributed by atoms with Crippen LogP contribution in [0.5, 0.6) is 11.5 Å². The van der Waals surface area contributed by atoms with Gasteiger partial charge in [-0.3, -0.25) is 4.79 Å². The van der Waals surface area contributed by atoms with E-state index in [1.807, 2.05) is 26.0 Å². The molecule has 0 heterocycles. The Morgan fingerprint density at radius 3 is 2.64 bits per heavy atom. The topological polar surface area (TPSA) is 59.9 Å². The van der Waals surface area contributed by atoms with E-state index in [-0.39, 0.29) is 24.2 Å². The van der Waals surface area contributed by atoms with Crippen molar-refractivity contribution in [1.82, 2.24) is 5.43 Å². The van der Waals surface area contributed by atoms with Gasteiger partial charge in [-0.25, -0.2) is 9.82 Å². The van der Waals surface area contributed by atoms with Crippen LogP contribution >= 0.6 is 15.9 Å². The molecule has 0 saturated carbocycles. The zero-order valence-corrected chi connectivity index (χ0v) is 17.8. The maximum Gasteiger partial charge on any atom is 0.244 e. The molecule has 2 aromatic carbocycles. The Balaban J connectivity index is 2.05. The number of hydrogen-bond acceptors (Lipinski definition) is 4. The van der Waals surface area contributed by atoms with Crippen molar-refractivity contribution in [2.24, 2.45) is 5.10 Å². The number of ether oxygens (including phenoxy) is 2. The van der Waals surface area contributed by atoms with Crippen LogP contribution in [0.1, 0.15) is 38.3 Å². The molecule has 2 aromatic rings. The molecule has 0 spiro atoms. The van der Waals surface area contributed by atoms with E-state index >= 15 is 0 Å². The van der Waals surface area contributed by atoms with Crippen molar-refractivity contribution in [2.45, 2.75) is 39.7 Å². The van der Waals surface area contributed by atoms with E-state index in [2.05, 4.69) is 33.4 Å². The number of carbonyl (C=O) groups excluding carboxylic acids is 1. The average molecular weight is 451 g/mol. The summed E-state index contributed by atoms with van der Waals surface area (Å²) in [4.78, 5) is 12.0. The zero-order chi connectivity index (χ0) is 20.5. The second-order valence-corrected chi connectivity index (χ2v) is 7.05. The van der Waals surface area contributed by atoms with Gasteiger partial charge in [0.1, 0.15) is 5.82 Å². The summed E-state index contributed by atoms with van der Waals surface area (Å²) in [6.07, 6.45) is 2.58. The summed E-state index contributed by atoms with van der Waals surface area (Å²) in [6, 6.07) is 9.43. The van der Waals surface area contributed by atoms with Gasteiger partial charge in [0.25, 0.3) is 0 Å². The molecule has 7 heteroatoms. The summed E-state index contributed by atoms with van der Waals surface area (Å²) in [7, 11) is 0. The molecule has 150 valence electrons. The first-order chi connectivity index (χ1) is 13.4. The van der Waals surface area contributed by atoms with Crippen LogP contribution in [-0.4, -0.2) is 24.8 Å². The van der Waals surface area contributed by atoms with Crippen molar-refractivity contribution in [2.75, 3.05) is 6.61 Å². The van der Waals surface area contributed by atoms with E-state index in [0.717, 1.165) is 16.5 Å². The Hall–Kier alpha value is -2.41. The highest BCUT2D eigenvalue weighted by Crippen LogP contribution is 2.37. The van der Waals surface area contributed by atoms with Crippen molar-refractivity contribution in [3.8, 4) is 11.5 Å². The number of carbonyl (C=O) groups is 1. The lowest BCUT2D eigenvalue weighted by atomic mass is 10.1. The molecular formula is C21H24BrFN2O3. The van der Waals surface area contributed by atoms with Crippen LogP contribution in [0.2, 0.25) is 0 Å². The van der Waals surface area contributed by atoms with E-state index in [4.69, 9.17) is 9.47 Å². The number of amides is 1. The third-order valence-electron chi connectivity index (χ3n) is 3.91. The van der Waals surface area contributed by atoms with E-state index in [1.54, 1.807) is 12.1 Å². The predicted octanol–water partition coefficient (Wildman–Crippen LogP) is 4.86. The Kier molecular flexibility index (Phi) is 8.44. The van der Waals surface area contributed by atoms with Crippen molar-refractivity contribution in [1.29, 1.82) is 0 Å². The maximum absolute atomic E-state index is 12.9. The number of nitrogens with zero attached hydrogens (tertiary/aromatic N) is 1. The van der Waals surface area contributed by atoms with Crippen LogP contribution < -0.4 is 14.9 Å². The number of rotatable bonds is 9. The molecule has 0 fully saturated rings. The van der Waals surface area contributed by atoms with E-state index in [9.17, 15) is 9.18 Å². The molecule has 1 N–H and O–H groups in total. The van der Waals surface area contributed by atoms with Gasteiger partial charge in [-0.1, -0.05) is 19.1 Å². The monoisotopic (exact) mass is 450 g/mol. The standard InChI is InChI=1S/C21H24BrFN2O3/c1-4-14(3)28-21-18(22)10-16(11-19(21)27-5-2)13-24-25-20(26)12-15-6-8-17(23)9-7-15/h6-11,13-14H,4-5,12H2,1-3H3,(H,25,26)/b24-13+/t14-/m1/s1. The van der Waals surface area contributed by atoms with Crippen LogP contribution in [-0.2, 0) is 11.2 Å². The fourth-order valence-corrected chi connectivity index (χ4v) is 2.88. The second kappa shape index (κ2) is 10.8. The fourth-order valence-electron chi connectivity index (χ4n) is 2.33. The molecule has 28 heavy (non-hydrogen) atoms. The van der Waals surface area contributed by atoms with Crippen LogP contribution in [0.15, 0.2) is 46.0 Å². The van der Waals surface area contributed by atoms with Crippen molar-refractivity contribution < 1.29 is 18.7 Å². The molecular weight excluding hydrogens is 427 g/mol. The summed E-state index contributed by atoms with van der Waals surface area (Å²) < 4.78 is 25.3. The first-order valence-corrected chi connectivity index (χ1v) is 9.91. The zero-order valence-electron chi connectivity index (χ0n) is 16.2. The second-order valence-electron chi connectivity index (χ2n) is 6.20. The summed E-state index contributed by atoms with van der Waals surface area (Å²) in [5, 5.41) is 3.99. The number of benzene rings is 2.